The van der Waals surface area contributed by atoms with Crippen molar-refractivity contribution in [2.45, 2.75) is 13.0 Å². The van der Waals surface area contributed by atoms with E-state index >= 15 is 0 Å². The van der Waals surface area contributed by atoms with Crippen molar-refractivity contribution >= 4 is 21.6 Å². The van der Waals surface area contributed by atoms with Crippen molar-refractivity contribution in [3.63, 3.8) is 0 Å². The number of hydrogen-bond donors (Lipinski definition) is 1. The molecule has 82 valence electrons. The molecule has 0 aromatic heterocycles. The maximum Gasteiger partial charge on any atom is 0.273 e. The minimum absolute atomic E-state index is 0.0428. The Balaban J connectivity index is 2.85. The molecule has 15 heavy (non-hydrogen) atoms. The number of ether oxygens (including phenoxy) is 1. The van der Waals surface area contributed by atoms with Gasteiger partial charge in [0.15, 0.2) is 0 Å². The molecule has 0 spiro atoms. The van der Waals surface area contributed by atoms with Crippen LogP contribution < -0.4 is 4.74 Å². The van der Waals surface area contributed by atoms with E-state index in [1.807, 2.05) is 0 Å². The molecule has 6 heteroatoms. The summed E-state index contributed by atoms with van der Waals surface area (Å²) in [5, 5.41) is 19.5. The minimum atomic E-state index is -0.615. The van der Waals surface area contributed by atoms with Crippen LogP contribution in [0.2, 0.25) is 0 Å². The quantitative estimate of drug-likeness (QED) is 0.675. The number of nitrogens with zero attached hydrogens (tertiary/aromatic N) is 1. The first-order chi connectivity index (χ1) is 7.00. The third-order valence-electron chi connectivity index (χ3n) is 1.61. The molecule has 5 nitrogen and oxygen atoms in total. The van der Waals surface area contributed by atoms with Crippen LogP contribution in [0, 0.1) is 10.1 Å². The second-order valence-electron chi connectivity index (χ2n) is 3.03. The molecule has 1 N–H and O–H groups in total. The van der Waals surface area contributed by atoms with E-state index in [9.17, 15) is 10.1 Å². The smallest absolute Gasteiger partial charge is 0.273 e. The summed E-state index contributed by atoms with van der Waals surface area (Å²) in [5.74, 6) is 0.352. The zero-order valence-corrected chi connectivity index (χ0v) is 9.60. The van der Waals surface area contributed by atoms with Gasteiger partial charge < -0.3 is 9.84 Å². The molecule has 0 saturated carbocycles. The summed E-state index contributed by atoms with van der Waals surface area (Å²) in [6.07, 6.45) is -0.615. The fourth-order valence-electron chi connectivity index (χ4n) is 0.927. The van der Waals surface area contributed by atoms with Gasteiger partial charge in [0.25, 0.3) is 5.69 Å². The summed E-state index contributed by atoms with van der Waals surface area (Å²) in [7, 11) is 0. The molecule has 0 bridgehead atoms. The van der Waals surface area contributed by atoms with Crippen LogP contribution in [0.15, 0.2) is 22.7 Å². The van der Waals surface area contributed by atoms with Gasteiger partial charge in [0.05, 0.1) is 21.6 Å². The average molecular weight is 276 g/mol. The van der Waals surface area contributed by atoms with E-state index in [0.717, 1.165) is 0 Å². The number of benzene rings is 1. The minimum Gasteiger partial charge on any atom is -0.489 e. The molecule has 0 amide bonds. The Morgan fingerprint density at radius 3 is 2.87 bits per heavy atom. The Morgan fingerprint density at radius 1 is 1.67 bits per heavy atom. The van der Waals surface area contributed by atoms with Gasteiger partial charge in [-0.1, -0.05) is 0 Å². The molecule has 1 rings (SSSR count). The number of hydrogen-bond acceptors (Lipinski definition) is 4. The predicted octanol–water partition coefficient (Wildman–Crippen LogP) is 2.12. The van der Waals surface area contributed by atoms with Crippen LogP contribution in [-0.2, 0) is 0 Å². The molecule has 1 aromatic carbocycles. The van der Waals surface area contributed by atoms with E-state index in [0.29, 0.717) is 10.2 Å². The molecule has 1 atom stereocenters. The van der Waals surface area contributed by atoms with Gasteiger partial charge >= 0.3 is 0 Å². The number of aliphatic hydroxyl groups is 1. The largest absolute Gasteiger partial charge is 0.489 e. The Morgan fingerprint density at radius 2 is 2.33 bits per heavy atom. The highest BCUT2D eigenvalue weighted by atomic mass is 79.9. The summed E-state index contributed by atoms with van der Waals surface area (Å²) in [6, 6.07) is 4.22. The van der Waals surface area contributed by atoms with Gasteiger partial charge in [0.1, 0.15) is 12.4 Å². The number of nitro benzene ring substituents is 1. The first kappa shape index (κ1) is 11.9. The normalized spacial score (nSPS) is 12.2. The van der Waals surface area contributed by atoms with E-state index in [1.54, 1.807) is 6.92 Å². The maximum absolute atomic E-state index is 10.5. The van der Waals surface area contributed by atoms with Crippen LogP contribution in [0.1, 0.15) is 6.92 Å². The maximum atomic E-state index is 10.5. The number of rotatable bonds is 4. The van der Waals surface area contributed by atoms with Gasteiger partial charge in [-0.3, -0.25) is 10.1 Å². The van der Waals surface area contributed by atoms with Crippen molar-refractivity contribution < 1.29 is 14.8 Å². The van der Waals surface area contributed by atoms with Gasteiger partial charge in [-0.25, -0.2) is 0 Å². The summed E-state index contributed by atoms with van der Waals surface area (Å²) in [4.78, 5) is 9.99. The van der Waals surface area contributed by atoms with Crippen LogP contribution >= 0.6 is 15.9 Å². The average Bonchev–Trinajstić information content (AvgIpc) is 2.16. The third kappa shape index (κ3) is 3.49. The van der Waals surface area contributed by atoms with Crippen molar-refractivity contribution in [3.05, 3.63) is 32.8 Å². The van der Waals surface area contributed by atoms with Crippen LogP contribution in [0.25, 0.3) is 0 Å². The van der Waals surface area contributed by atoms with Gasteiger partial charge in [-0.15, -0.1) is 0 Å². The molecule has 1 aromatic rings. The Bertz CT molecular complexity index is 367. The number of non-ortho nitro benzene ring substituents is 1. The van der Waals surface area contributed by atoms with Crippen molar-refractivity contribution in [1.82, 2.24) is 0 Å². The molecular weight excluding hydrogens is 266 g/mol. The first-order valence-electron chi connectivity index (χ1n) is 4.25. The van der Waals surface area contributed by atoms with Gasteiger partial charge in [0.2, 0.25) is 0 Å². The summed E-state index contributed by atoms with van der Waals surface area (Å²) in [5.41, 5.74) is -0.0428. The lowest BCUT2D eigenvalue weighted by Gasteiger charge is -2.09. The van der Waals surface area contributed by atoms with E-state index in [1.165, 1.54) is 18.2 Å². The summed E-state index contributed by atoms with van der Waals surface area (Å²) in [6.45, 7) is 1.67. The lowest BCUT2D eigenvalue weighted by atomic mass is 10.3. The molecule has 0 radical (unpaired) electrons. The van der Waals surface area contributed by atoms with Crippen molar-refractivity contribution in [2.24, 2.45) is 0 Å². The lowest BCUT2D eigenvalue weighted by Crippen LogP contribution is -2.13. The van der Waals surface area contributed by atoms with E-state index < -0.39 is 11.0 Å². The number of halogens is 1. The second-order valence-corrected chi connectivity index (χ2v) is 3.89. The second kappa shape index (κ2) is 5.09. The number of nitro groups is 1. The Hall–Kier alpha value is -1.14. The van der Waals surface area contributed by atoms with Crippen LogP contribution in [0.5, 0.6) is 5.75 Å². The summed E-state index contributed by atoms with van der Waals surface area (Å²) < 4.78 is 5.81. The standard InChI is InChI=1S/C9H10BrNO4/c1-6(12)5-15-9-4-7(11(13)14)2-3-8(9)10/h2-4,6,12H,5H2,1H3. The van der Waals surface area contributed by atoms with E-state index in [4.69, 9.17) is 9.84 Å². The van der Waals surface area contributed by atoms with Gasteiger partial charge in [-0.05, 0) is 28.9 Å². The molecular formula is C9H10BrNO4. The van der Waals surface area contributed by atoms with E-state index in [2.05, 4.69) is 15.9 Å². The van der Waals surface area contributed by atoms with Crippen molar-refractivity contribution in [3.8, 4) is 5.75 Å². The third-order valence-corrected chi connectivity index (χ3v) is 2.26. The monoisotopic (exact) mass is 275 g/mol. The molecule has 0 aliphatic carbocycles. The lowest BCUT2D eigenvalue weighted by molar-refractivity contribution is -0.385. The Kier molecular flexibility index (Phi) is 4.05. The van der Waals surface area contributed by atoms with Crippen LogP contribution in [0.4, 0.5) is 5.69 Å². The molecule has 0 fully saturated rings. The fraction of sp³-hybridized carbons (Fsp3) is 0.333. The molecule has 1 unspecified atom stereocenters. The first-order valence-corrected chi connectivity index (χ1v) is 5.05. The molecule has 0 aliphatic rings. The predicted molar refractivity (Wildman–Crippen MR) is 58.0 cm³/mol. The topological polar surface area (TPSA) is 72.6 Å². The van der Waals surface area contributed by atoms with E-state index in [-0.39, 0.29) is 12.3 Å². The fourth-order valence-corrected chi connectivity index (χ4v) is 1.29. The molecule has 0 heterocycles. The molecule has 0 saturated heterocycles. The molecule has 0 aliphatic heterocycles. The highest BCUT2D eigenvalue weighted by molar-refractivity contribution is 9.10. The van der Waals surface area contributed by atoms with Crippen LogP contribution in [0.3, 0.4) is 0 Å². The van der Waals surface area contributed by atoms with Gasteiger partial charge in [0, 0.05) is 6.07 Å². The van der Waals surface area contributed by atoms with Crippen molar-refractivity contribution in [1.29, 1.82) is 0 Å². The van der Waals surface area contributed by atoms with Crippen LogP contribution in [-0.4, -0.2) is 22.7 Å². The van der Waals surface area contributed by atoms with Gasteiger partial charge in [-0.2, -0.15) is 0 Å². The Labute approximate surface area is 95.0 Å². The number of aliphatic hydroxyl groups excluding tert-OH is 1. The SMILES string of the molecule is CC(O)COc1cc([N+](=O)[O-])ccc1Br. The zero-order valence-electron chi connectivity index (χ0n) is 8.01. The zero-order chi connectivity index (χ0) is 11.4. The highest BCUT2D eigenvalue weighted by Gasteiger charge is 2.10. The highest BCUT2D eigenvalue weighted by Crippen LogP contribution is 2.29. The van der Waals surface area contributed by atoms with Crippen molar-refractivity contribution in [2.75, 3.05) is 6.61 Å². The summed E-state index contributed by atoms with van der Waals surface area (Å²) >= 11 is 3.20.